The smallest absolute Gasteiger partial charge is 0.0957 e. The van der Waals surface area contributed by atoms with E-state index in [1.165, 1.54) is 28.8 Å². The van der Waals surface area contributed by atoms with Gasteiger partial charge in [0.25, 0.3) is 0 Å². The minimum atomic E-state index is 0.789. The van der Waals surface area contributed by atoms with E-state index < -0.39 is 0 Å². The number of nitrogens with zero attached hydrogens (tertiary/aromatic N) is 1. The van der Waals surface area contributed by atoms with Crippen LogP contribution in [-0.4, -0.2) is 4.98 Å². The molecule has 0 aromatic carbocycles. The summed E-state index contributed by atoms with van der Waals surface area (Å²) in [6, 6.07) is 6.02. The topological polar surface area (TPSA) is 38.9 Å². The van der Waals surface area contributed by atoms with Gasteiger partial charge in [0.05, 0.1) is 10.7 Å². The van der Waals surface area contributed by atoms with E-state index in [4.69, 9.17) is 5.73 Å². The fraction of sp³-hybridized carbons (Fsp3) is 0.357. The van der Waals surface area contributed by atoms with E-state index in [0.717, 1.165) is 23.0 Å². The molecule has 2 nitrogen and oxygen atoms in total. The van der Waals surface area contributed by atoms with Crippen LogP contribution in [0.15, 0.2) is 24.4 Å². The lowest BCUT2D eigenvalue weighted by molar-refractivity contribution is 0.508. The van der Waals surface area contributed by atoms with E-state index in [0.29, 0.717) is 0 Å². The molecule has 0 bridgehead atoms. The van der Waals surface area contributed by atoms with Gasteiger partial charge in [-0.05, 0) is 42.9 Å². The Bertz CT molecular complexity index is 531. The highest BCUT2D eigenvalue weighted by Gasteiger charge is 2.23. The van der Waals surface area contributed by atoms with Crippen LogP contribution in [0.25, 0.3) is 11.3 Å². The van der Waals surface area contributed by atoms with Gasteiger partial charge in [-0.2, -0.15) is 0 Å². The maximum Gasteiger partial charge on any atom is 0.0957 e. The molecule has 1 atom stereocenters. The maximum absolute atomic E-state index is 6.18. The number of thiophene rings is 1. The third-order valence-corrected chi connectivity index (χ3v) is 4.54. The summed E-state index contributed by atoms with van der Waals surface area (Å²) < 4.78 is 0. The first-order valence-corrected chi connectivity index (χ1v) is 6.88. The van der Waals surface area contributed by atoms with Crippen molar-refractivity contribution in [3.63, 3.8) is 0 Å². The Balaban J connectivity index is 2.12. The number of aromatic nitrogens is 1. The van der Waals surface area contributed by atoms with Gasteiger partial charge in [-0.25, -0.2) is 0 Å². The quantitative estimate of drug-likeness (QED) is 0.833. The van der Waals surface area contributed by atoms with Gasteiger partial charge >= 0.3 is 0 Å². The van der Waals surface area contributed by atoms with Crippen molar-refractivity contribution in [2.75, 3.05) is 5.73 Å². The summed E-state index contributed by atoms with van der Waals surface area (Å²) in [5.74, 6) is 0.789. The largest absolute Gasteiger partial charge is 0.390 e. The summed E-state index contributed by atoms with van der Waals surface area (Å²) in [4.78, 5) is 5.91. The predicted molar refractivity (Wildman–Crippen MR) is 73.2 cm³/mol. The average Bonchev–Trinajstić information content (AvgIpc) is 2.65. The molecule has 2 heterocycles. The van der Waals surface area contributed by atoms with Crippen molar-refractivity contribution in [3.05, 3.63) is 34.8 Å². The van der Waals surface area contributed by atoms with Gasteiger partial charge in [0.2, 0.25) is 0 Å². The third-order valence-electron chi connectivity index (χ3n) is 3.46. The maximum atomic E-state index is 6.18. The molecule has 3 rings (SSSR count). The molecule has 0 amide bonds. The van der Waals surface area contributed by atoms with Crippen LogP contribution in [0.3, 0.4) is 0 Å². The first-order chi connectivity index (χ1) is 8.25. The molecule has 1 aliphatic rings. The SMILES string of the molecule is CC1CCc2c(sc(N)c2-c2ccccn2)C1. The summed E-state index contributed by atoms with van der Waals surface area (Å²) >= 11 is 1.75. The summed E-state index contributed by atoms with van der Waals surface area (Å²) in [7, 11) is 0. The Morgan fingerprint density at radius 2 is 2.29 bits per heavy atom. The normalized spacial score (nSPS) is 19.0. The second kappa shape index (κ2) is 4.15. The van der Waals surface area contributed by atoms with Crippen molar-refractivity contribution in [1.82, 2.24) is 4.98 Å². The number of nitrogen functional groups attached to an aromatic ring is 1. The van der Waals surface area contributed by atoms with Crippen LogP contribution in [0, 0.1) is 5.92 Å². The number of pyridine rings is 1. The molecule has 0 spiro atoms. The van der Waals surface area contributed by atoms with Crippen molar-refractivity contribution in [3.8, 4) is 11.3 Å². The van der Waals surface area contributed by atoms with Gasteiger partial charge in [-0.3, -0.25) is 4.98 Å². The van der Waals surface area contributed by atoms with Crippen LogP contribution >= 0.6 is 11.3 Å². The fourth-order valence-corrected chi connectivity index (χ4v) is 3.85. The number of rotatable bonds is 1. The zero-order valence-electron chi connectivity index (χ0n) is 9.94. The molecule has 88 valence electrons. The van der Waals surface area contributed by atoms with E-state index in [1.807, 2.05) is 18.3 Å². The van der Waals surface area contributed by atoms with E-state index in [1.54, 1.807) is 11.3 Å². The minimum absolute atomic E-state index is 0.789. The van der Waals surface area contributed by atoms with Crippen LogP contribution in [0.2, 0.25) is 0 Å². The molecule has 2 aromatic rings. The van der Waals surface area contributed by atoms with Gasteiger partial charge in [-0.1, -0.05) is 13.0 Å². The van der Waals surface area contributed by atoms with Gasteiger partial charge < -0.3 is 5.73 Å². The van der Waals surface area contributed by atoms with Crippen molar-refractivity contribution >= 4 is 16.3 Å². The molecule has 0 saturated heterocycles. The Kier molecular flexibility index (Phi) is 2.63. The highest BCUT2D eigenvalue weighted by molar-refractivity contribution is 7.16. The predicted octanol–water partition coefficient (Wildman–Crippen LogP) is 3.52. The summed E-state index contributed by atoms with van der Waals surface area (Å²) in [5.41, 5.74) is 9.84. The monoisotopic (exact) mass is 244 g/mol. The highest BCUT2D eigenvalue weighted by Crippen LogP contribution is 2.42. The van der Waals surface area contributed by atoms with Crippen molar-refractivity contribution in [1.29, 1.82) is 0 Å². The van der Waals surface area contributed by atoms with Crippen molar-refractivity contribution in [2.45, 2.75) is 26.2 Å². The van der Waals surface area contributed by atoms with E-state index in [2.05, 4.69) is 18.0 Å². The molecule has 3 heteroatoms. The Hall–Kier alpha value is -1.35. The highest BCUT2D eigenvalue weighted by atomic mass is 32.1. The zero-order valence-corrected chi connectivity index (χ0v) is 10.8. The van der Waals surface area contributed by atoms with E-state index in [-0.39, 0.29) is 0 Å². The molecule has 0 radical (unpaired) electrons. The van der Waals surface area contributed by atoms with Crippen molar-refractivity contribution in [2.24, 2.45) is 5.92 Å². The molecule has 0 aliphatic heterocycles. The van der Waals surface area contributed by atoms with Crippen LogP contribution in [-0.2, 0) is 12.8 Å². The molecule has 1 aliphatic carbocycles. The Morgan fingerprint density at radius 1 is 1.41 bits per heavy atom. The van der Waals surface area contributed by atoms with E-state index in [9.17, 15) is 0 Å². The lowest BCUT2D eigenvalue weighted by Crippen LogP contribution is -2.09. The molecule has 0 saturated carbocycles. The standard InChI is InChI=1S/C14H16N2S/c1-9-5-6-10-12(8-9)17-14(15)13(10)11-4-2-3-7-16-11/h2-4,7,9H,5-6,8,15H2,1H3. The molecule has 0 fully saturated rings. The first-order valence-electron chi connectivity index (χ1n) is 6.07. The second-order valence-electron chi connectivity index (χ2n) is 4.81. The average molecular weight is 244 g/mol. The molecule has 1 unspecified atom stereocenters. The lowest BCUT2D eigenvalue weighted by Gasteiger charge is -2.18. The third kappa shape index (κ3) is 1.84. The molecule has 17 heavy (non-hydrogen) atoms. The van der Waals surface area contributed by atoms with Crippen LogP contribution in [0.4, 0.5) is 5.00 Å². The van der Waals surface area contributed by atoms with Crippen molar-refractivity contribution < 1.29 is 0 Å². The number of hydrogen-bond donors (Lipinski definition) is 1. The van der Waals surface area contributed by atoms with Crippen LogP contribution in [0.1, 0.15) is 23.8 Å². The summed E-state index contributed by atoms with van der Waals surface area (Å²) in [6.45, 7) is 2.32. The molecular weight excluding hydrogens is 228 g/mol. The fourth-order valence-electron chi connectivity index (χ4n) is 2.56. The van der Waals surface area contributed by atoms with Gasteiger partial charge in [0, 0.05) is 16.6 Å². The number of anilines is 1. The molecular formula is C14H16N2S. The van der Waals surface area contributed by atoms with E-state index >= 15 is 0 Å². The summed E-state index contributed by atoms with van der Waals surface area (Å²) in [5, 5.41) is 0.933. The van der Waals surface area contributed by atoms with Crippen LogP contribution in [0.5, 0.6) is 0 Å². The number of fused-ring (bicyclic) bond motifs is 1. The van der Waals surface area contributed by atoms with Gasteiger partial charge in [0.15, 0.2) is 0 Å². The first kappa shape index (κ1) is 10.8. The molecule has 2 aromatic heterocycles. The van der Waals surface area contributed by atoms with Crippen LogP contribution < -0.4 is 5.73 Å². The number of hydrogen-bond acceptors (Lipinski definition) is 3. The number of nitrogens with two attached hydrogens (primary N) is 1. The second-order valence-corrected chi connectivity index (χ2v) is 5.94. The summed E-state index contributed by atoms with van der Waals surface area (Å²) in [6.07, 6.45) is 5.43. The van der Waals surface area contributed by atoms with Gasteiger partial charge in [0.1, 0.15) is 0 Å². The lowest BCUT2D eigenvalue weighted by atomic mass is 9.88. The molecule has 2 N–H and O–H groups in total. The Labute approximate surface area is 106 Å². The Morgan fingerprint density at radius 3 is 3.06 bits per heavy atom. The van der Waals surface area contributed by atoms with Gasteiger partial charge in [-0.15, -0.1) is 11.3 Å². The minimum Gasteiger partial charge on any atom is -0.390 e. The zero-order chi connectivity index (χ0) is 11.8.